The first kappa shape index (κ1) is 88.2. The number of rotatable bonds is 42. The second-order valence-electron chi connectivity index (χ2n) is 24.3. The number of carboxylic acids is 3. The number of amides is 10. The number of alkyl halides is 3. The number of carbonyl (C=O) groups excluding carboxylic acids is 10. The molecule has 1 aromatic rings. The van der Waals surface area contributed by atoms with Gasteiger partial charge in [0.2, 0.25) is 59.1 Å². The maximum atomic E-state index is 14.5. The standard InChI is InChI=1S/C60H101N15O17.C2HF3O2/c1-9-31(4)44(54(86)69-41(29-36-19-13-12-14-20-36)52(84)70-45(32(5)10-2)55(87)72-46(59(91)92)33(6)11-3)71-57(89)48(35(8)78)73-51(83)38(21-15-16-26-61)66-50(82)39(24-25-43(79)80)67-56(88)47(34(7)77)74-53(85)42-23-18-28-75(42)58(90)40(22-17-27-65-60(63)64)68-49(81)37(62)30-76;3-2(4,5)1(6)7/h12-14,19-20,31-35,37-42,44-48,76-78H,9-11,15-18,21-30,61-62H2,1-8H3,(H,66,82)(H,67,88)(H,68,81)(H,69,86)(H,70,84)(H,71,89)(H,72,87)(H,73,83)(H,74,85)(H,79,80)(H,91,92)(H4,63,64,65);(H,6,7)/t31-,32-,33-,34+,35+,37-,38-,39-,40-,41-,42-,44-,45-,46-,47-,48-;/m0./s1. The van der Waals surface area contributed by atoms with Crippen LogP contribution >= 0.6 is 0 Å². The number of aliphatic imine (C=N–C) groups is 1. The summed E-state index contributed by atoms with van der Waals surface area (Å²) in [6.45, 7) is 12.0. The Morgan fingerprint density at radius 3 is 1.49 bits per heavy atom. The van der Waals surface area contributed by atoms with Crippen molar-refractivity contribution in [1.29, 1.82) is 0 Å². The highest BCUT2D eigenvalue weighted by Crippen LogP contribution is 2.22. The molecule has 1 aromatic carbocycles. The van der Waals surface area contributed by atoms with Crippen molar-refractivity contribution in [3.8, 4) is 0 Å². The predicted molar refractivity (Wildman–Crippen MR) is 350 cm³/mol. The molecule has 0 spiro atoms. The van der Waals surface area contributed by atoms with Crippen molar-refractivity contribution in [3.63, 3.8) is 0 Å². The third kappa shape index (κ3) is 30.9. The third-order valence-electron chi connectivity index (χ3n) is 16.4. The number of likely N-dealkylation sites (tertiary alicyclic amines) is 1. The van der Waals surface area contributed by atoms with Gasteiger partial charge in [-0.3, -0.25) is 57.7 Å². The number of aliphatic hydroxyl groups excluding tert-OH is 3. The zero-order chi connectivity index (χ0) is 75.6. The van der Waals surface area contributed by atoms with E-state index >= 15 is 0 Å². The van der Waals surface area contributed by atoms with Gasteiger partial charge in [0.25, 0.3) is 0 Å². The lowest BCUT2D eigenvalue weighted by molar-refractivity contribution is -0.192. The van der Waals surface area contributed by atoms with Crippen LogP contribution in [0.15, 0.2) is 35.3 Å². The topological polar surface area (TPSA) is 571 Å². The van der Waals surface area contributed by atoms with E-state index in [1.165, 1.54) is 6.92 Å². The van der Waals surface area contributed by atoms with Gasteiger partial charge in [-0.2, -0.15) is 13.2 Å². The Morgan fingerprint density at radius 1 is 0.576 bits per heavy atom. The normalized spacial score (nSPS) is 17.3. The monoisotopic (exact) mass is 1420 g/mol. The van der Waals surface area contributed by atoms with E-state index in [1.807, 2.05) is 0 Å². The van der Waals surface area contributed by atoms with Crippen molar-refractivity contribution in [2.45, 2.75) is 224 Å². The molecule has 10 amide bonds. The molecule has 1 saturated heterocycles. The summed E-state index contributed by atoms with van der Waals surface area (Å²) in [5, 5.41) is 80.9. The van der Waals surface area contributed by atoms with Crippen LogP contribution in [0.25, 0.3) is 0 Å². The highest BCUT2D eigenvalue weighted by molar-refractivity contribution is 5.99. The molecule has 0 radical (unpaired) electrons. The van der Waals surface area contributed by atoms with Crippen molar-refractivity contribution >= 4 is 82.9 Å². The first-order valence-electron chi connectivity index (χ1n) is 32.6. The Balaban J connectivity index is 0.00000661. The van der Waals surface area contributed by atoms with E-state index in [-0.39, 0.29) is 77.0 Å². The van der Waals surface area contributed by atoms with Crippen LogP contribution in [0.4, 0.5) is 13.2 Å². The molecule has 37 heteroatoms. The van der Waals surface area contributed by atoms with Crippen molar-refractivity contribution < 1.29 is 106 Å². The van der Waals surface area contributed by atoms with Gasteiger partial charge < -0.3 is 106 Å². The molecule has 0 bridgehead atoms. The average molecular weight is 1420 g/mol. The number of guanidine groups is 1. The highest BCUT2D eigenvalue weighted by atomic mass is 19.4. The Bertz CT molecular complexity index is 2870. The smallest absolute Gasteiger partial charge is 0.481 e. The van der Waals surface area contributed by atoms with E-state index in [4.69, 9.17) is 32.8 Å². The Hall–Kier alpha value is -8.81. The summed E-state index contributed by atoms with van der Waals surface area (Å²) in [5.41, 5.74) is 22.9. The molecule has 560 valence electrons. The fourth-order valence-corrected chi connectivity index (χ4v) is 9.92. The SMILES string of the molecule is CC[C@H](C)[C@H](NC(=O)[C@@H](NC(=O)[C@H](Cc1ccccc1)NC(=O)[C@@H](NC(=O)[C@@H](NC(=O)[C@H](CCCCN)NC(=O)[C@H](CCC(=O)O)NC(=O)[C@@H](NC(=O)[C@@H]1CCCN1C(=O)[C@H](CCCN=C(N)N)NC(=O)[C@@H](N)CO)[C@@H](C)O)[C@@H](C)O)[C@@H](C)CC)[C@@H](C)CC)C(=O)O.O=C(O)C(F)(F)F. The Labute approximate surface area is 571 Å². The molecule has 1 aliphatic rings. The van der Waals surface area contributed by atoms with Crippen molar-refractivity contribution in [2.75, 3.05) is 26.2 Å². The van der Waals surface area contributed by atoms with Crippen molar-refractivity contribution in [1.82, 2.24) is 52.8 Å². The molecular weight excluding hydrogens is 1320 g/mol. The molecule has 16 atom stereocenters. The minimum absolute atomic E-state index is 0.0199. The molecule has 1 fully saturated rings. The number of nitrogens with zero attached hydrogens (tertiary/aromatic N) is 2. The quantitative estimate of drug-likeness (QED) is 0.0172. The van der Waals surface area contributed by atoms with Crippen LogP contribution in [0.1, 0.15) is 138 Å². The molecule has 0 unspecified atom stereocenters. The lowest BCUT2D eigenvalue weighted by Gasteiger charge is -2.31. The van der Waals surface area contributed by atoms with Gasteiger partial charge in [-0.05, 0) is 95.1 Å². The minimum atomic E-state index is -5.08. The van der Waals surface area contributed by atoms with E-state index in [0.29, 0.717) is 24.8 Å². The average Bonchev–Trinajstić information content (AvgIpc) is 1.80. The van der Waals surface area contributed by atoms with E-state index in [1.54, 1.807) is 71.9 Å². The van der Waals surface area contributed by atoms with Gasteiger partial charge in [-0.15, -0.1) is 0 Å². The number of carbonyl (C=O) groups is 13. The molecule has 23 N–H and O–H groups in total. The molecular formula is C62H102F3N15O19. The van der Waals surface area contributed by atoms with E-state index in [0.717, 1.165) is 11.8 Å². The summed E-state index contributed by atoms with van der Waals surface area (Å²) in [6, 6.07) is -7.68. The third-order valence-corrected chi connectivity index (χ3v) is 16.4. The molecule has 1 aliphatic heterocycles. The fourth-order valence-electron chi connectivity index (χ4n) is 9.92. The van der Waals surface area contributed by atoms with Crippen LogP contribution in [-0.4, -0.2) is 230 Å². The maximum Gasteiger partial charge on any atom is 0.490 e. The lowest BCUT2D eigenvalue weighted by Crippen LogP contribution is -2.63. The van der Waals surface area contributed by atoms with Crippen LogP contribution < -0.4 is 70.8 Å². The molecule has 0 saturated carbocycles. The van der Waals surface area contributed by atoms with Crippen LogP contribution in [0.5, 0.6) is 0 Å². The predicted octanol–water partition coefficient (Wildman–Crippen LogP) is -3.43. The van der Waals surface area contributed by atoms with Crippen LogP contribution in [0.3, 0.4) is 0 Å². The molecule has 0 aromatic heterocycles. The zero-order valence-electron chi connectivity index (χ0n) is 57.0. The van der Waals surface area contributed by atoms with E-state index < -0.39 is 199 Å². The van der Waals surface area contributed by atoms with Gasteiger partial charge in [-0.25, -0.2) is 9.59 Å². The number of nitrogens with one attached hydrogen (secondary N) is 9. The fraction of sp³-hybridized carbons (Fsp3) is 0.677. The molecule has 2 rings (SSSR count). The van der Waals surface area contributed by atoms with Crippen LogP contribution in [-0.2, 0) is 68.7 Å². The van der Waals surface area contributed by atoms with Crippen LogP contribution in [0, 0.1) is 17.8 Å². The zero-order valence-corrected chi connectivity index (χ0v) is 57.0. The van der Waals surface area contributed by atoms with Gasteiger partial charge in [-0.1, -0.05) is 91.1 Å². The Morgan fingerprint density at radius 2 is 1.00 bits per heavy atom. The first-order valence-corrected chi connectivity index (χ1v) is 32.6. The van der Waals surface area contributed by atoms with Crippen LogP contribution in [0.2, 0.25) is 0 Å². The van der Waals surface area contributed by atoms with Gasteiger partial charge in [0.15, 0.2) is 5.96 Å². The highest BCUT2D eigenvalue weighted by Gasteiger charge is 2.43. The number of carboxylic acid groups (broad SMARTS) is 3. The van der Waals surface area contributed by atoms with Gasteiger partial charge in [0, 0.05) is 25.9 Å². The molecule has 0 aliphatic carbocycles. The van der Waals surface area contributed by atoms with Crippen molar-refractivity contribution in [2.24, 2.45) is 45.7 Å². The summed E-state index contributed by atoms with van der Waals surface area (Å²) < 4.78 is 31.7. The summed E-state index contributed by atoms with van der Waals surface area (Å²) in [7, 11) is 0. The Kier molecular flexibility index (Phi) is 39.4. The maximum absolute atomic E-state index is 14.5. The van der Waals surface area contributed by atoms with E-state index in [2.05, 4.69) is 52.8 Å². The summed E-state index contributed by atoms with van der Waals surface area (Å²) >= 11 is 0. The molecule has 1 heterocycles. The number of unbranched alkanes of at least 4 members (excludes halogenated alkanes) is 1. The minimum Gasteiger partial charge on any atom is -0.481 e. The second kappa shape index (κ2) is 44.3. The molecule has 34 nitrogen and oxygen atoms in total. The van der Waals surface area contributed by atoms with E-state index in [9.17, 15) is 96.2 Å². The number of hydrogen-bond donors (Lipinski definition) is 19. The van der Waals surface area contributed by atoms with Gasteiger partial charge >= 0.3 is 24.1 Å². The number of halogens is 3. The van der Waals surface area contributed by atoms with Crippen molar-refractivity contribution in [3.05, 3.63) is 35.9 Å². The lowest BCUT2D eigenvalue weighted by atomic mass is 9.94. The van der Waals surface area contributed by atoms with Gasteiger partial charge in [0.05, 0.1) is 18.8 Å². The number of aliphatic carboxylic acids is 3. The second-order valence-corrected chi connectivity index (χ2v) is 24.3. The van der Waals surface area contributed by atoms with Gasteiger partial charge in [0.1, 0.15) is 66.5 Å². The number of hydrogen-bond acceptors (Lipinski definition) is 19. The number of nitrogens with two attached hydrogens (primary N) is 4. The summed E-state index contributed by atoms with van der Waals surface area (Å²) in [4.78, 5) is 178. The summed E-state index contributed by atoms with van der Waals surface area (Å²) in [5.74, 6) is -16.7. The summed E-state index contributed by atoms with van der Waals surface area (Å²) in [6.07, 6.45) is -7.95. The largest absolute Gasteiger partial charge is 0.490 e. The molecule has 99 heavy (non-hydrogen) atoms. The number of benzene rings is 1. The first-order chi connectivity index (χ1) is 46.3. The number of aliphatic hydroxyl groups is 3.